The van der Waals surface area contributed by atoms with E-state index in [4.69, 9.17) is 29.2 Å². The molecule has 1 aromatic rings. The Bertz CT molecular complexity index is 595. The van der Waals surface area contributed by atoms with Crippen LogP contribution < -0.4 is 0 Å². The van der Waals surface area contributed by atoms with Crippen molar-refractivity contribution in [3.05, 3.63) is 34.4 Å². The number of carboxylic acids is 2. The second-order valence-electron chi connectivity index (χ2n) is 6.26. The molecule has 0 heterocycles. The standard InChI is InChI=1S/C20H30O10/c21-3-1-5-27-7-9-29-13-15-11-16(14-30-10-8-28-6-2-4-22)18(20(25)26)12-17(15)19(23)24/h11-12,21-22H,1-10,13-14H2,(H,23,24)(H,25,26). The van der Waals surface area contributed by atoms with Gasteiger partial charge in [-0.05, 0) is 36.1 Å². The Kier molecular flexibility index (Phi) is 13.6. The van der Waals surface area contributed by atoms with Gasteiger partial charge in [-0.2, -0.15) is 0 Å². The Morgan fingerprint density at radius 3 is 1.40 bits per heavy atom. The molecule has 0 radical (unpaired) electrons. The highest BCUT2D eigenvalue weighted by Gasteiger charge is 2.19. The summed E-state index contributed by atoms with van der Waals surface area (Å²) < 4.78 is 21.4. The zero-order chi connectivity index (χ0) is 22.2. The summed E-state index contributed by atoms with van der Waals surface area (Å²) in [6, 6.07) is 2.57. The first-order chi connectivity index (χ1) is 14.5. The first-order valence-corrected chi connectivity index (χ1v) is 9.66. The number of carbonyl (C=O) groups is 2. The van der Waals surface area contributed by atoms with Crippen LogP contribution in [0.1, 0.15) is 44.7 Å². The summed E-state index contributed by atoms with van der Waals surface area (Å²) in [5, 5.41) is 36.2. The van der Waals surface area contributed by atoms with Gasteiger partial charge in [0.1, 0.15) is 0 Å². The molecule has 0 aliphatic carbocycles. The minimum absolute atomic E-state index is 0.0256. The summed E-state index contributed by atoms with van der Waals surface area (Å²) in [6.45, 7) is 1.87. The Balaban J connectivity index is 2.70. The summed E-state index contributed by atoms with van der Waals surface area (Å²) in [6.07, 6.45) is 1.05. The SMILES string of the molecule is O=C(O)c1cc(C(=O)O)c(COCCOCCCO)cc1COCCOCCCO. The third kappa shape index (κ3) is 10.1. The van der Waals surface area contributed by atoms with Gasteiger partial charge in [-0.3, -0.25) is 0 Å². The molecular formula is C20H30O10. The highest BCUT2D eigenvalue weighted by molar-refractivity contribution is 5.96. The van der Waals surface area contributed by atoms with Crippen LogP contribution in [-0.2, 0) is 32.2 Å². The molecule has 0 aliphatic heterocycles. The fraction of sp³-hybridized carbons (Fsp3) is 0.600. The molecule has 1 rings (SSSR count). The quantitative estimate of drug-likeness (QED) is 0.247. The van der Waals surface area contributed by atoms with Crippen molar-refractivity contribution in [2.24, 2.45) is 0 Å². The fourth-order valence-electron chi connectivity index (χ4n) is 2.47. The molecular weight excluding hydrogens is 400 g/mol. The van der Waals surface area contributed by atoms with E-state index in [-0.39, 0.29) is 50.8 Å². The van der Waals surface area contributed by atoms with Gasteiger partial charge in [0, 0.05) is 26.4 Å². The highest BCUT2D eigenvalue weighted by Crippen LogP contribution is 2.20. The van der Waals surface area contributed by atoms with E-state index in [0.717, 1.165) is 6.07 Å². The van der Waals surface area contributed by atoms with Crippen LogP contribution in [0.5, 0.6) is 0 Å². The van der Waals surface area contributed by atoms with E-state index < -0.39 is 11.9 Å². The Hall–Kier alpha value is -2.08. The van der Waals surface area contributed by atoms with Gasteiger partial charge in [-0.1, -0.05) is 0 Å². The van der Waals surface area contributed by atoms with Gasteiger partial charge in [-0.15, -0.1) is 0 Å². The number of rotatable bonds is 18. The van der Waals surface area contributed by atoms with Gasteiger partial charge in [-0.25, -0.2) is 9.59 Å². The smallest absolute Gasteiger partial charge is 0.336 e. The average molecular weight is 430 g/mol. The van der Waals surface area contributed by atoms with Crippen molar-refractivity contribution in [3.8, 4) is 0 Å². The fourth-order valence-corrected chi connectivity index (χ4v) is 2.47. The normalized spacial score (nSPS) is 11.0. The summed E-state index contributed by atoms with van der Waals surface area (Å²) in [5.41, 5.74) is 0.371. The second-order valence-corrected chi connectivity index (χ2v) is 6.26. The molecule has 0 fully saturated rings. The average Bonchev–Trinajstić information content (AvgIpc) is 2.72. The van der Waals surface area contributed by atoms with Gasteiger partial charge in [0.05, 0.1) is 50.8 Å². The third-order valence-corrected chi connectivity index (χ3v) is 3.94. The van der Waals surface area contributed by atoms with Crippen LogP contribution in [0.15, 0.2) is 12.1 Å². The van der Waals surface area contributed by atoms with Crippen LogP contribution in [0.2, 0.25) is 0 Å². The molecule has 0 amide bonds. The maximum atomic E-state index is 11.5. The molecule has 0 spiro atoms. The number of aromatic carboxylic acids is 2. The maximum Gasteiger partial charge on any atom is 0.336 e. The highest BCUT2D eigenvalue weighted by atomic mass is 16.5. The molecule has 0 bridgehead atoms. The van der Waals surface area contributed by atoms with Gasteiger partial charge in [0.25, 0.3) is 0 Å². The van der Waals surface area contributed by atoms with E-state index in [1.165, 1.54) is 6.07 Å². The number of carboxylic acid groups (broad SMARTS) is 2. The number of hydrogen-bond donors (Lipinski definition) is 4. The summed E-state index contributed by atoms with van der Waals surface area (Å²) in [5.74, 6) is -2.50. The van der Waals surface area contributed by atoms with Crippen LogP contribution in [0.4, 0.5) is 0 Å². The summed E-state index contributed by atoms with van der Waals surface area (Å²) in [7, 11) is 0. The van der Waals surface area contributed by atoms with Crippen LogP contribution in [0, 0.1) is 0 Å². The van der Waals surface area contributed by atoms with Crippen molar-refractivity contribution < 1.29 is 49.0 Å². The molecule has 170 valence electrons. The number of aliphatic hydroxyl groups is 2. The first-order valence-electron chi connectivity index (χ1n) is 9.66. The van der Waals surface area contributed by atoms with Crippen molar-refractivity contribution in [1.82, 2.24) is 0 Å². The zero-order valence-corrected chi connectivity index (χ0v) is 16.9. The van der Waals surface area contributed by atoms with Gasteiger partial charge in [0.2, 0.25) is 0 Å². The van der Waals surface area contributed by atoms with Crippen molar-refractivity contribution >= 4 is 11.9 Å². The first kappa shape index (κ1) is 26.0. The van der Waals surface area contributed by atoms with Gasteiger partial charge >= 0.3 is 11.9 Å². The van der Waals surface area contributed by atoms with E-state index in [9.17, 15) is 19.8 Å². The molecule has 0 unspecified atom stereocenters. The Morgan fingerprint density at radius 2 is 1.03 bits per heavy atom. The van der Waals surface area contributed by atoms with Gasteiger partial charge in [0.15, 0.2) is 0 Å². The minimum atomic E-state index is -1.25. The molecule has 0 saturated carbocycles. The predicted octanol–water partition coefficient (Wildman–Crippen LogP) is 0.914. The molecule has 0 saturated heterocycles. The predicted molar refractivity (Wildman–Crippen MR) is 105 cm³/mol. The van der Waals surface area contributed by atoms with E-state index in [1.54, 1.807) is 0 Å². The van der Waals surface area contributed by atoms with Crippen molar-refractivity contribution in [2.45, 2.75) is 26.1 Å². The molecule has 10 nitrogen and oxygen atoms in total. The molecule has 10 heteroatoms. The molecule has 30 heavy (non-hydrogen) atoms. The largest absolute Gasteiger partial charge is 0.478 e. The van der Waals surface area contributed by atoms with Crippen molar-refractivity contribution in [3.63, 3.8) is 0 Å². The molecule has 1 aromatic carbocycles. The Morgan fingerprint density at radius 1 is 0.633 bits per heavy atom. The van der Waals surface area contributed by atoms with E-state index in [0.29, 0.717) is 50.4 Å². The monoisotopic (exact) mass is 430 g/mol. The Labute approximate surface area is 174 Å². The van der Waals surface area contributed by atoms with E-state index >= 15 is 0 Å². The third-order valence-electron chi connectivity index (χ3n) is 3.94. The van der Waals surface area contributed by atoms with Crippen LogP contribution >= 0.6 is 0 Å². The van der Waals surface area contributed by atoms with Crippen LogP contribution in [0.3, 0.4) is 0 Å². The van der Waals surface area contributed by atoms with Crippen molar-refractivity contribution in [2.75, 3.05) is 52.9 Å². The zero-order valence-electron chi connectivity index (χ0n) is 16.9. The van der Waals surface area contributed by atoms with E-state index in [2.05, 4.69) is 0 Å². The number of benzene rings is 1. The lowest BCUT2D eigenvalue weighted by Gasteiger charge is -2.14. The molecule has 0 aliphatic rings. The van der Waals surface area contributed by atoms with Gasteiger partial charge < -0.3 is 39.4 Å². The lowest BCUT2D eigenvalue weighted by Crippen LogP contribution is -2.13. The molecule has 0 atom stereocenters. The topological polar surface area (TPSA) is 152 Å². The lowest BCUT2D eigenvalue weighted by atomic mass is 9.99. The molecule has 4 N–H and O–H groups in total. The number of hydrogen-bond acceptors (Lipinski definition) is 8. The number of ether oxygens (including phenoxy) is 4. The molecule has 0 aromatic heterocycles. The number of aliphatic hydroxyl groups excluding tert-OH is 2. The lowest BCUT2D eigenvalue weighted by molar-refractivity contribution is 0.0337. The summed E-state index contributed by atoms with van der Waals surface area (Å²) in [4.78, 5) is 23.1. The second kappa shape index (κ2) is 15.7. The van der Waals surface area contributed by atoms with Crippen LogP contribution in [-0.4, -0.2) is 85.2 Å². The van der Waals surface area contributed by atoms with Crippen molar-refractivity contribution in [1.29, 1.82) is 0 Å². The maximum absolute atomic E-state index is 11.5. The summed E-state index contributed by atoms with van der Waals surface area (Å²) >= 11 is 0. The van der Waals surface area contributed by atoms with E-state index in [1.807, 2.05) is 0 Å². The minimum Gasteiger partial charge on any atom is -0.478 e. The van der Waals surface area contributed by atoms with Crippen LogP contribution in [0.25, 0.3) is 0 Å².